The third-order valence-electron chi connectivity index (χ3n) is 1.20. The first-order valence-electron chi connectivity index (χ1n) is 3.61. The van der Waals surface area contributed by atoms with E-state index in [-0.39, 0.29) is 5.91 Å². The molecule has 0 bridgehead atoms. The highest BCUT2D eigenvalue weighted by atomic mass is 32.2. The van der Waals surface area contributed by atoms with Crippen LogP contribution in [0.3, 0.4) is 0 Å². The molecule has 0 saturated carbocycles. The summed E-state index contributed by atoms with van der Waals surface area (Å²) in [6.45, 7) is 6.01. The molecule has 64 valence electrons. The van der Waals surface area contributed by atoms with Crippen molar-refractivity contribution < 1.29 is 4.79 Å². The zero-order valence-corrected chi connectivity index (χ0v) is 7.96. The third kappa shape index (κ3) is 5.98. The van der Waals surface area contributed by atoms with E-state index in [1.807, 2.05) is 0 Å². The Kier molecular flexibility index (Phi) is 6.03. The van der Waals surface area contributed by atoms with Gasteiger partial charge in [0, 0.05) is 12.1 Å². The molecule has 0 radical (unpaired) electrons. The molecule has 0 aromatic heterocycles. The number of hydrogen-bond donors (Lipinski definition) is 1. The highest BCUT2D eigenvalue weighted by molar-refractivity contribution is 7.98. The van der Waals surface area contributed by atoms with E-state index in [0.29, 0.717) is 5.57 Å². The summed E-state index contributed by atoms with van der Waals surface area (Å²) in [5, 5.41) is 2.77. The summed E-state index contributed by atoms with van der Waals surface area (Å²) >= 11 is 1.79. The van der Waals surface area contributed by atoms with Gasteiger partial charge in [-0.2, -0.15) is 11.8 Å². The fourth-order valence-corrected chi connectivity index (χ4v) is 1.00. The van der Waals surface area contributed by atoms with Gasteiger partial charge in [-0.05, 0) is 25.4 Å². The van der Waals surface area contributed by atoms with Crippen LogP contribution in [0.15, 0.2) is 12.2 Å². The maximum absolute atomic E-state index is 10.9. The molecule has 1 amide bonds. The molecule has 2 nitrogen and oxygen atoms in total. The van der Waals surface area contributed by atoms with Gasteiger partial charge in [0.25, 0.3) is 0 Å². The molecule has 0 aliphatic rings. The van der Waals surface area contributed by atoms with Crippen LogP contribution in [-0.2, 0) is 4.79 Å². The molecular weight excluding hydrogens is 158 g/mol. The molecule has 0 atom stereocenters. The summed E-state index contributed by atoms with van der Waals surface area (Å²) in [5.41, 5.74) is 0.578. The van der Waals surface area contributed by atoms with Crippen molar-refractivity contribution in [1.82, 2.24) is 5.32 Å². The molecule has 0 spiro atoms. The van der Waals surface area contributed by atoms with Gasteiger partial charge in [-0.15, -0.1) is 0 Å². The van der Waals surface area contributed by atoms with Gasteiger partial charge in [-0.25, -0.2) is 0 Å². The van der Waals surface area contributed by atoms with E-state index >= 15 is 0 Å². The largest absolute Gasteiger partial charge is 0.352 e. The quantitative estimate of drug-likeness (QED) is 0.503. The number of thioether (sulfide) groups is 1. The Morgan fingerprint density at radius 1 is 1.64 bits per heavy atom. The number of carbonyl (C=O) groups excluding carboxylic acids is 1. The Labute approximate surface area is 72.4 Å². The average Bonchev–Trinajstić information content (AvgIpc) is 1.97. The second kappa shape index (κ2) is 6.28. The summed E-state index contributed by atoms with van der Waals surface area (Å²) in [4.78, 5) is 10.9. The molecule has 11 heavy (non-hydrogen) atoms. The fraction of sp³-hybridized carbons (Fsp3) is 0.625. The minimum Gasteiger partial charge on any atom is -0.352 e. The van der Waals surface area contributed by atoms with Gasteiger partial charge in [-0.3, -0.25) is 4.79 Å². The van der Waals surface area contributed by atoms with Crippen LogP contribution in [0.5, 0.6) is 0 Å². The molecule has 3 heteroatoms. The number of rotatable bonds is 5. The molecule has 0 aromatic carbocycles. The second-order valence-corrected chi connectivity index (χ2v) is 3.37. The minimum atomic E-state index is -0.0360. The van der Waals surface area contributed by atoms with Gasteiger partial charge in [0.1, 0.15) is 0 Å². The average molecular weight is 173 g/mol. The normalized spacial score (nSPS) is 9.27. The van der Waals surface area contributed by atoms with E-state index in [1.165, 1.54) is 0 Å². The Hall–Kier alpha value is -0.440. The molecule has 0 saturated heterocycles. The van der Waals surface area contributed by atoms with Crippen LogP contribution in [0.4, 0.5) is 0 Å². The zero-order valence-electron chi connectivity index (χ0n) is 7.14. The first-order chi connectivity index (χ1) is 5.18. The van der Waals surface area contributed by atoms with Crippen molar-refractivity contribution in [2.24, 2.45) is 0 Å². The summed E-state index contributed by atoms with van der Waals surface area (Å²) in [7, 11) is 0. The molecule has 0 aliphatic heterocycles. The van der Waals surface area contributed by atoms with Crippen molar-refractivity contribution in [1.29, 1.82) is 0 Å². The Bertz CT molecular complexity index is 145. The summed E-state index contributed by atoms with van der Waals surface area (Å²) < 4.78 is 0. The SMILES string of the molecule is C=C(C)C(=O)NCCCSC. The predicted molar refractivity (Wildman–Crippen MR) is 50.8 cm³/mol. The smallest absolute Gasteiger partial charge is 0.246 e. The first-order valence-corrected chi connectivity index (χ1v) is 5.00. The molecule has 0 aromatic rings. The van der Waals surface area contributed by atoms with Crippen molar-refractivity contribution in [3.05, 3.63) is 12.2 Å². The molecule has 0 heterocycles. The lowest BCUT2D eigenvalue weighted by atomic mass is 10.3. The lowest BCUT2D eigenvalue weighted by Crippen LogP contribution is -2.24. The lowest BCUT2D eigenvalue weighted by Gasteiger charge is -2.02. The third-order valence-corrected chi connectivity index (χ3v) is 1.90. The maximum atomic E-state index is 10.9. The van der Waals surface area contributed by atoms with Crippen LogP contribution >= 0.6 is 11.8 Å². The van der Waals surface area contributed by atoms with Crippen LogP contribution in [-0.4, -0.2) is 24.5 Å². The monoisotopic (exact) mass is 173 g/mol. The van der Waals surface area contributed by atoms with Crippen molar-refractivity contribution in [2.75, 3.05) is 18.6 Å². The number of hydrogen-bond acceptors (Lipinski definition) is 2. The minimum absolute atomic E-state index is 0.0360. The molecule has 1 N–H and O–H groups in total. The first kappa shape index (κ1) is 10.6. The van der Waals surface area contributed by atoms with E-state index in [9.17, 15) is 4.79 Å². The molecule has 0 fully saturated rings. The molecule has 0 aliphatic carbocycles. The Morgan fingerprint density at radius 2 is 2.27 bits per heavy atom. The molecular formula is C8H15NOS. The van der Waals surface area contributed by atoms with Crippen LogP contribution < -0.4 is 5.32 Å². The van der Waals surface area contributed by atoms with Crippen LogP contribution in [0.2, 0.25) is 0 Å². The van der Waals surface area contributed by atoms with Crippen LogP contribution in [0.1, 0.15) is 13.3 Å². The lowest BCUT2D eigenvalue weighted by molar-refractivity contribution is -0.117. The maximum Gasteiger partial charge on any atom is 0.246 e. The van der Waals surface area contributed by atoms with E-state index in [0.717, 1.165) is 18.7 Å². The van der Waals surface area contributed by atoms with Gasteiger partial charge in [-0.1, -0.05) is 6.58 Å². The second-order valence-electron chi connectivity index (χ2n) is 2.38. The molecule has 0 unspecified atom stereocenters. The van der Waals surface area contributed by atoms with Crippen molar-refractivity contribution in [2.45, 2.75) is 13.3 Å². The highest BCUT2D eigenvalue weighted by Gasteiger charge is 1.98. The summed E-state index contributed by atoms with van der Waals surface area (Å²) in [6.07, 6.45) is 3.08. The van der Waals surface area contributed by atoms with Crippen molar-refractivity contribution in [3.8, 4) is 0 Å². The van der Waals surface area contributed by atoms with E-state index in [4.69, 9.17) is 0 Å². The summed E-state index contributed by atoms with van der Waals surface area (Å²) in [6, 6.07) is 0. The highest BCUT2D eigenvalue weighted by Crippen LogP contribution is 1.94. The van der Waals surface area contributed by atoms with E-state index in [2.05, 4.69) is 18.2 Å². The van der Waals surface area contributed by atoms with Gasteiger partial charge < -0.3 is 5.32 Å². The predicted octanol–water partition coefficient (Wildman–Crippen LogP) is 1.43. The standard InChI is InChI=1S/C8H15NOS/c1-7(2)8(10)9-5-4-6-11-3/h1,4-6H2,2-3H3,(H,9,10). The molecule has 0 rings (SSSR count). The summed E-state index contributed by atoms with van der Waals surface area (Å²) in [5.74, 6) is 1.06. The van der Waals surface area contributed by atoms with E-state index < -0.39 is 0 Å². The topological polar surface area (TPSA) is 29.1 Å². The van der Waals surface area contributed by atoms with Crippen molar-refractivity contribution in [3.63, 3.8) is 0 Å². The van der Waals surface area contributed by atoms with Gasteiger partial charge >= 0.3 is 0 Å². The number of carbonyl (C=O) groups is 1. The van der Waals surface area contributed by atoms with Crippen molar-refractivity contribution >= 4 is 17.7 Å². The van der Waals surface area contributed by atoms with Gasteiger partial charge in [0.05, 0.1) is 0 Å². The Balaban J connectivity index is 3.25. The van der Waals surface area contributed by atoms with Gasteiger partial charge in [0.2, 0.25) is 5.91 Å². The Morgan fingerprint density at radius 3 is 2.73 bits per heavy atom. The van der Waals surface area contributed by atoms with Gasteiger partial charge in [0.15, 0.2) is 0 Å². The van der Waals surface area contributed by atoms with Crippen LogP contribution in [0, 0.1) is 0 Å². The van der Waals surface area contributed by atoms with E-state index in [1.54, 1.807) is 18.7 Å². The van der Waals surface area contributed by atoms with Crippen LogP contribution in [0.25, 0.3) is 0 Å². The fourth-order valence-electron chi connectivity index (χ4n) is 0.569. The number of amides is 1. The zero-order chi connectivity index (χ0) is 8.69. The number of nitrogens with one attached hydrogen (secondary N) is 1.